The van der Waals surface area contributed by atoms with Crippen molar-refractivity contribution in [2.24, 2.45) is 0 Å². The summed E-state index contributed by atoms with van der Waals surface area (Å²) in [6.45, 7) is -2.32. The van der Waals surface area contributed by atoms with Gasteiger partial charge in [-0.15, -0.1) is 0 Å². The molecule has 0 aliphatic carbocycles. The summed E-state index contributed by atoms with van der Waals surface area (Å²) in [5.74, 6) is -4.45. The lowest BCUT2D eigenvalue weighted by Crippen LogP contribution is -2.39. The van der Waals surface area contributed by atoms with E-state index in [1.165, 1.54) is 0 Å². The van der Waals surface area contributed by atoms with Crippen molar-refractivity contribution in [3.05, 3.63) is 0 Å². The molecule has 4 N–H and O–H groups in total. The fraction of sp³-hybridized carbons (Fsp3) is 0.857. The Bertz CT molecular complexity index is 189. The lowest BCUT2D eigenvalue weighted by molar-refractivity contribution is -0.139. The average molecular weight is 213 g/mol. The van der Waals surface area contributed by atoms with Gasteiger partial charge in [0.15, 0.2) is 0 Å². The normalized spacial score (nSPS) is 14.0. The van der Waals surface area contributed by atoms with Gasteiger partial charge in [0.25, 0.3) is 5.92 Å². The Morgan fingerprint density at radius 1 is 1.50 bits per heavy atom. The molecule has 0 amide bonds. The molecule has 14 heavy (non-hydrogen) atoms. The molecule has 0 fully saturated rings. The minimum atomic E-state index is -3.25. The first-order chi connectivity index (χ1) is 6.37. The predicted molar refractivity (Wildman–Crippen MR) is 43.2 cm³/mol. The molecule has 1 unspecified atom stereocenters. The van der Waals surface area contributed by atoms with Crippen LogP contribution < -0.4 is 5.32 Å². The fourth-order valence-electron chi connectivity index (χ4n) is 0.751. The zero-order chi connectivity index (χ0) is 11.2. The molecule has 0 rings (SSSR count). The standard InChI is InChI=1S/C7H13F2NO4/c8-7(9,4-11)3-10-2-5(12)1-6(13)14/h5,10-12H,1-4H2,(H,13,14). The molecule has 7 heteroatoms. The predicted octanol–water partition coefficient (Wildman–Crippen LogP) is -0.961. The van der Waals surface area contributed by atoms with E-state index in [-0.39, 0.29) is 6.54 Å². The lowest BCUT2D eigenvalue weighted by Gasteiger charge is -2.15. The Morgan fingerprint density at radius 2 is 2.07 bits per heavy atom. The average Bonchev–Trinajstić information content (AvgIpc) is 2.02. The van der Waals surface area contributed by atoms with E-state index in [1.54, 1.807) is 0 Å². The van der Waals surface area contributed by atoms with Crippen LogP contribution in [0.4, 0.5) is 8.78 Å². The van der Waals surface area contributed by atoms with Crippen LogP contribution in [0.3, 0.4) is 0 Å². The maximum atomic E-state index is 12.4. The van der Waals surface area contributed by atoms with Gasteiger partial charge < -0.3 is 20.6 Å². The third-order valence-corrected chi connectivity index (χ3v) is 1.41. The molecular weight excluding hydrogens is 200 g/mol. The number of hydrogen-bond donors (Lipinski definition) is 4. The topological polar surface area (TPSA) is 89.8 Å². The van der Waals surface area contributed by atoms with Crippen molar-refractivity contribution in [1.82, 2.24) is 5.32 Å². The molecule has 0 bridgehead atoms. The summed E-state index contributed by atoms with van der Waals surface area (Å²) in [6, 6.07) is 0. The summed E-state index contributed by atoms with van der Waals surface area (Å²) in [6.07, 6.45) is -1.71. The number of aliphatic carboxylic acids is 1. The SMILES string of the molecule is O=C(O)CC(O)CNCC(F)(F)CO. The molecule has 84 valence electrons. The molecule has 0 saturated heterocycles. The molecule has 0 aromatic heterocycles. The van der Waals surface area contributed by atoms with Crippen LogP contribution in [0.15, 0.2) is 0 Å². The van der Waals surface area contributed by atoms with Gasteiger partial charge >= 0.3 is 5.97 Å². The number of rotatable bonds is 7. The van der Waals surface area contributed by atoms with Crippen molar-refractivity contribution in [3.63, 3.8) is 0 Å². The maximum Gasteiger partial charge on any atom is 0.306 e. The van der Waals surface area contributed by atoms with E-state index in [0.717, 1.165) is 0 Å². The van der Waals surface area contributed by atoms with Crippen molar-refractivity contribution in [2.45, 2.75) is 18.4 Å². The number of aliphatic hydroxyl groups excluding tert-OH is 2. The second kappa shape index (κ2) is 5.84. The van der Waals surface area contributed by atoms with Crippen LogP contribution in [0, 0.1) is 0 Å². The summed E-state index contributed by atoms with van der Waals surface area (Å²) in [5.41, 5.74) is 0. The van der Waals surface area contributed by atoms with Crippen molar-refractivity contribution in [1.29, 1.82) is 0 Å². The summed E-state index contributed by atoms with van der Waals surface area (Å²) in [7, 11) is 0. The zero-order valence-electron chi connectivity index (χ0n) is 7.41. The van der Waals surface area contributed by atoms with E-state index in [2.05, 4.69) is 5.32 Å². The van der Waals surface area contributed by atoms with Crippen LogP contribution in [0.2, 0.25) is 0 Å². The summed E-state index contributed by atoms with van der Waals surface area (Å²) in [4.78, 5) is 10.1. The number of nitrogens with one attached hydrogen (secondary N) is 1. The van der Waals surface area contributed by atoms with Crippen molar-refractivity contribution < 1.29 is 28.9 Å². The van der Waals surface area contributed by atoms with Crippen molar-refractivity contribution in [2.75, 3.05) is 19.7 Å². The number of aliphatic hydroxyl groups is 2. The molecule has 0 heterocycles. The molecule has 5 nitrogen and oxygen atoms in total. The number of carboxylic acids is 1. The minimum Gasteiger partial charge on any atom is -0.481 e. The van der Waals surface area contributed by atoms with Gasteiger partial charge in [0.05, 0.1) is 19.1 Å². The molecule has 0 aromatic carbocycles. The number of halogens is 2. The molecule has 0 aromatic rings. The van der Waals surface area contributed by atoms with Crippen LogP contribution in [0.1, 0.15) is 6.42 Å². The minimum absolute atomic E-state index is 0.248. The first kappa shape index (κ1) is 13.2. The van der Waals surface area contributed by atoms with Gasteiger partial charge in [-0.1, -0.05) is 0 Å². The van der Waals surface area contributed by atoms with E-state index in [4.69, 9.17) is 15.3 Å². The maximum absolute atomic E-state index is 12.4. The van der Waals surface area contributed by atoms with Gasteiger partial charge in [-0.25, -0.2) is 8.78 Å². The van der Waals surface area contributed by atoms with E-state index in [1.807, 2.05) is 0 Å². The first-order valence-corrected chi connectivity index (χ1v) is 3.96. The number of carboxylic acid groups (broad SMARTS) is 1. The number of hydrogen-bond acceptors (Lipinski definition) is 4. The van der Waals surface area contributed by atoms with Crippen LogP contribution in [-0.4, -0.2) is 53.0 Å². The van der Waals surface area contributed by atoms with Crippen molar-refractivity contribution >= 4 is 5.97 Å². The van der Waals surface area contributed by atoms with E-state index in [9.17, 15) is 13.6 Å². The van der Waals surface area contributed by atoms with Crippen LogP contribution in [0.25, 0.3) is 0 Å². The van der Waals surface area contributed by atoms with E-state index >= 15 is 0 Å². The quantitative estimate of drug-likeness (QED) is 0.437. The molecule has 0 aliphatic rings. The largest absolute Gasteiger partial charge is 0.481 e. The monoisotopic (exact) mass is 213 g/mol. The Labute approximate surface area is 79.4 Å². The molecule has 1 atom stereocenters. The number of carbonyl (C=O) groups is 1. The second-order valence-corrected chi connectivity index (χ2v) is 2.90. The van der Waals surface area contributed by atoms with Crippen molar-refractivity contribution in [3.8, 4) is 0 Å². The molecular formula is C7H13F2NO4. The van der Waals surface area contributed by atoms with Crippen LogP contribution >= 0.6 is 0 Å². The Hall–Kier alpha value is -0.790. The Kier molecular flexibility index (Phi) is 5.51. The highest BCUT2D eigenvalue weighted by Crippen LogP contribution is 2.09. The van der Waals surface area contributed by atoms with Gasteiger partial charge in [0, 0.05) is 6.54 Å². The van der Waals surface area contributed by atoms with Gasteiger partial charge in [-0.05, 0) is 0 Å². The van der Waals surface area contributed by atoms with Gasteiger partial charge in [-0.2, -0.15) is 0 Å². The van der Waals surface area contributed by atoms with Crippen LogP contribution in [0.5, 0.6) is 0 Å². The highest BCUT2D eigenvalue weighted by molar-refractivity contribution is 5.67. The smallest absolute Gasteiger partial charge is 0.306 e. The Morgan fingerprint density at radius 3 is 2.50 bits per heavy atom. The zero-order valence-corrected chi connectivity index (χ0v) is 7.41. The second-order valence-electron chi connectivity index (χ2n) is 2.90. The van der Waals surface area contributed by atoms with E-state index in [0.29, 0.717) is 0 Å². The molecule has 0 radical (unpaired) electrons. The third kappa shape index (κ3) is 6.70. The first-order valence-electron chi connectivity index (χ1n) is 3.96. The third-order valence-electron chi connectivity index (χ3n) is 1.41. The Balaban J connectivity index is 3.58. The van der Waals surface area contributed by atoms with Gasteiger partial charge in [-0.3, -0.25) is 4.79 Å². The summed E-state index contributed by atoms with van der Waals surface area (Å²) in [5, 5.41) is 27.5. The highest BCUT2D eigenvalue weighted by atomic mass is 19.3. The highest BCUT2D eigenvalue weighted by Gasteiger charge is 2.27. The lowest BCUT2D eigenvalue weighted by atomic mass is 10.2. The molecule has 0 aliphatic heterocycles. The summed E-state index contributed by atoms with van der Waals surface area (Å²) >= 11 is 0. The van der Waals surface area contributed by atoms with Gasteiger partial charge in [0.1, 0.15) is 6.61 Å². The van der Waals surface area contributed by atoms with Gasteiger partial charge in [0.2, 0.25) is 0 Å². The number of alkyl halides is 2. The molecule has 0 spiro atoms. The van der Waals surface area contributed by atoms with E-state index < -0.39 is 37.6 Å². The fourth-order valence-corrected chi connectivity index (χ4v) is 0.751. The summed E-state index contributed by atoms with van der Waals surface area (Å²) < 4.78 is 24.7. The molecule has 0 saturated carbocycles. The van der Waals surface area contributed by atoms with Crippen LogP contribution in [-0.2, 0) is 4.79 Å².